The smallest absolute Gasteiger partial charge is 0.0518 e. The number of unbranched alkanes of at least 4 members (excludes halogenated alkanes) is 4. The standard InChI is InChI=1S/C16H34O2/c1-15(2)11-10-13-17-12-8-6-5-7-9-14-18-16(3)4/h15-16H,5-14H2,1-4H3. The Hall–Kier alpha value is -0.0800. The van der Waals surface area contributed by atoms with Crippen molar-refractivity contribution in [1.29, 1.82) is 0 Å². The van der Waals surface area contributed by atoms with Crippen molar-refractivity contribution < 1.29 is 9.47 Å². The van der Waals surface area contributed by atoms with Gasteiger partial charge < -0.3 is 9.47 Å². The Bertz CT molecular complexity index is 137. The molecule has 0 aromatic rings. The molecule has 0 radical (unpaired) electrons. The van der Waals surface area contributed by atoms with Crippen LogP contribution in [0.2, 0.25) is 0 Å². The van der Waals surface area contributed by atoms with E-state index in [1.165, 1.54) is 44.9 Å². The van der Waals surface area contributed by atoms with Gasteiger partial charge in [-0.05, 0) is 45.4 Å². The van der Waals surface area contributed by atoms with Crippen molar-refractivity contribution in [3.63, 3.8) is 0 Å². The fourth-order valence-electron chi connectivity index (χ4n) is 1.85. The lowest BCUT2D eigenvalue weighted by molar-refractivity contribution is 0.0754. The molecule has 0 aliphatic carbocycles. The second-order valence-corrected chi connectivity index (χ2v) is 5.84. The number of rotatable bonds is 13. The van der Waals surface area contributed by atoms with Crippen LogP contribution in [0, 0.1) is 5.92 Å². The maximum atomic E-state index is 5.62. The highest BCUT2D eigenvalue weighted by Crippen LogP contribution is 2.06. The van der Waals surface area contributed by atoms with Crippen molar-refractivity contribution in [2.24, 2.45) is 5.92 Å². The minimum Gasteiger partial charge on any atom is -0.381 e. The summed E-state index contributed by atoms with van der Waals surface area (Å²) in [6, 6.07) is 0. The minimum atomic E-state index is 0.379. The van der Waals surface area contributed by atoms with Crippen LogP contribution in [0.25, 0.3) is 0 Å². The first-order valence-corrected chi connectivity index (χ1v) is 7.82. The quantitative estimate of drug-likeness (QED) is 0.441. The van der Waals surface area contributed by atoms with Gasteiger partial charge in [-0.25, -0.2) is 0 Å². The van der Waals surface area contributed by atoms with E-state index in [9.17, 15) is 0 Å². The molecule has 0 saturated heterocycles. The van der Waals surface area contributed by atoms with Gasteiger partial charge in [0.05, 0.1) is 6.10 Å². The second-order valence-electron chi connectivity index (χ2n) is 5.84. The topological polar surface area (TPSA) is 18.5 Å². The molecule has 0 aliphatic heterocycles. The third kappa shape index (κ3) is 15.9. The number of hydrogen-bond acceptors (Lipinski definition) is 2. The maximum absolute atomic E-state index is 5.62. The summed E-state index contributed by atoms with van der Waals surface area (Å²) in [5.74, 6) is 0.807. The highest BCUT2D eigenvalue weighted by Gasteiger charge is 1.96. The van der Waals surface area contributed by atoms with E-state index in [4.69, 9.17) is 9.47 Å². The van der Waals surface area contributed by atoms with Gasteiger partial charge in [0.15, 0.2) is 0 Å². The lowest BCUT2D eigenvalue weighted by atomic mass is 10.1. The van der Waals surface area contributed by atoms with Crippen LogP contribution in [0.4, 0.5) is 0 Å². The van der Waals surface area contributed by atoms with Gasteiger partial charge in [-0.15, -0.1) is 0 Å². The van der Waals surface area contributed by atoms with Crippen LogP contribution in [0.1, 0.15) is 72.6 Å². The molecule has 0 N–H and O–H groups in total. The van der Waals surface area contributed by atoms with Gasteiger partial charge in [-0.1, -0.05) is 33.1 Å². The van der Waals surface area contributed by atoms with Gasteiger partial charge in [0.2, 0.25) is 0 Å². The molecule has 18 heavy (non-hydrogen) atoms. The number of ether oxygens (including phenoxy) is 2. The van der Waals surface area contributed by atoms with E-state index in [0.717, 1.165) is 25.7 Å². The van der Waals surface area contributed by atoms with Crippen molar-refractivity contribution in [2.75, 3.05) is 19.8 Å². The normalized spacial score (nSPS) is 11.7. The molecule has 0 aliphatic rings. The summed E-state index contributed by atoms with van der Waals surface area (Å²) < 4.78 is 11.1. The molecule has 0 rings (SSSR count). The summed E-state index contributed by atoms with van der Waals surface area (Å²) in [5.41, 5.74) is 0. The predicted octanol–water partition coefficient (Wildman–Crippen LogP) is 4.81. The van der Waals surface area contributed by atoms with Crippen LogP contribution in [0.5, 0.6) is 0 Å². The predicted molar refractivity (Wildman–Crippen MR) is 79.1 cm³/mol. The summed E-state index contributed by atoms with van der Waals surface area (Å²) in [5, 5.41) is 0. The highest BCUT2D eigenvalue weighted by molar-refractivity contribution is 4.47. The van der Waals surface area contributed by atoms with E-state index in [0.29, 0.717) is 6.10 Å². The average Bonchev–Trinajstić information content (AvgIpc) is 2.29. The maximum Gasteiger partial charge on any atom is 0.0518 e. The first kappa shape index (κ1) is 17.9. The van der Waals surface area contributed by atoms with E-state index in [-0.39, 0.29) is 0 Å². The second kappa shape index (κ2) is 13.4. The summed E-state index contributed by atoms with van der Waals surface area (Å²) in [6.45, 7) is 11.5. The zero-order valence-corrected chi connectivity index (χ0v) is 13.0. The van der Waals surface area contributed by atoms with Gasteiger partial charge in [-0.3, -0.25) is 0 Å². The summed E-state index contributed by atoms with van der Waals surface area (Å²) in [7, 11) is 0. The lowest BCUT2D eigenvalue weighted by Crippen LogP contribution is -2.03. The van der Waals surface area contributed by atoms with E-state index >= 15 is 0 Å². The van der Waals surface area contributed by atoms with Crippen LogP contribution in [0.15, 0.2) is 0 Å². The highest BCUT2D eigenvalue weighted by atomic mass is 16.5. The molecule has 0 fully saturated rings. The van der Waals surface area contributed by atoms with Crippen LogP contribution in [-0.4, -0.2) is 25.9 Å². The van der Waals surface area contributed by atoms with Gasteiger partial charge in [0.25, 0.3) is 0 Å². The Balaban J connectivity index is 2.95. The molecule has 0 heterocycles. The van der Waals surface area contributed by atoms with E-state index in [1.54, 1.807) is 0 Å². The Morgan fingerprint density at radius 1 is 0.667 bits per heavy atom. The summed E-state index contributed by atoms with van der Waals surface area (Å²) >= 11 is 0. The van der Waals surface area contributed by atoms with Gasteiger partial charge >= 0.3 is 0 Å². The van der Waals surface area contributed by atoms with Crippen LogP contribution >= 0.6 is 0 Å². The fourth-order valence-corrected chi connectivity index (χ4v) is 1.85. The summed E-state index contributed by atoms with van der Waals surface area (Å²) in [4.78, 5) is 0. The molecule has 0 unspecified atom stereocenters. The van der Waals surface area contributed by atoms with Gasteiger partial charge in [0, 0.05) is 19.8 Å². The fraction of sp³-hybridized carbons (Fsp3) is 1.00. The third-order valence-electron chi connectivity index (χ3n) is 2.95. The van der Waals surface area contributed by atoms with Gasteiger partial charge in [-0.2, -0.15) is 0 Å². The first-order chi connectivity index (χ1) is 8.63. The molecule has 0 saturated carbocycles. The van der Waals surface area contributed by atoms with Crippen molar-refractivity contribution in [3.8, 4) is 0 Å². The molecule has 0 aromatic carbocycles. The monoisotopic (exact) mass is 258 g/mol. The Labute approximate surface area is 114 Å². The Morgan fingerprint density at radius 3 is 1.83 bits per heavy atom. The summed E-state index contributed by atoms with van der Waals surface area (Å²) in [6.07, 6.45) is 9.20. The van der Waals surface area contributed by atoms with Crippen molar-refractivity contribution in [1.82, 2.24) is 0 Å². The molecule has 0 bridgehead atoms. The zero-order valence-electron chi connectivity index (χ0n) is 13.0. The molecule has 0 spiro atoms. The molecular formula is C16H34O2. The third-order valence-corrected chi connectivity index (χ3v) is 2.95. The largest absolute Gasteiger partial charge is 0.381 e. The SMILES string of the molecule is CC(C)CCCOCCCCCCCOC(C)C. The first-order valence-electron chi connectivity index (χ1n) is 7.82. The molecule has 0 amide bonds. The Kier molecular flexibility index (Phi) is 13.3. The Morgan fingerprint density at radius 2 is 1.22 bits per heavy atom. The molecular weight excluding hydrogens is 224 g/mol. The molecule has 2 heteroatoms. The molecule has 0 aromatic heterocycles. The molecule has 2 nitrogen and oxygen atoms in total. The van der Waals surface area contributed by atoms with Crippen LogP contribution in [-0.2, 0) is 9.47 Å². The van der Waals surface area contributed by atoms with Crippen molar-refractivity contribution >= 4 is 0 Å². The van der Waals surface area contributed by atoms with Crippen LogP contribution < -0.4 is 0 Å². The number of hydrogen-bond donors (Lipinski definition) is 0. The zero-order chi connectivity index (χ0) is 13.6. The lowest BCUT2D eigenvalue weighted by Gasteiger charge is -2.07. The molecule has 0 atom stereocenters. The average molecular weight is 258 g/mol. The van der Waals surface area contributed by atoms with Crippen LogP contribution in [0.3, 0.4) is 0 Å². The van der Waals surface area contributed by atoms with Crippen molar-refractivity contribution in [2.45, 2.75) is 78.7 Å². The van der Waals surface area contributed by atoms with E-state index in [2.05, 4.69) is 27.7 Å². The van der Waals surface area contributed by atoms with E-state index < -0.39 is 0 Å². The van der Waals surface area contributed by atoms with Crippen molar-refractivity contribution in [3.05, 3.63) is 0 Å². The van der Waals surface area contributed by atoms with Gasteiger partial charge in [0.1, 0.15) is 0 Å². The molecule has 110 valence electrons. The minimum absolute atomic E-state index is 0.379. The van der Waals surface area contributed by atoms with E-state index in [1.807, 2.05) is 0 Å².